The highest BCUT2D eigenvalue weighted by molar-refractivity contribution is 5.91. The Bertz CT molecular complexity index is 677. The van der Waals surface area contributed by atoms with E-state index in [1.54, 1.807) is 11.7 Å². The first-order valence-corrected chi connectivity index (χ1v) is 8.64. The number of aryl methyl sites for hydroxylation is 2. The maximum atomic E-state index is 12.1. The molecule has 132 valence electrons. The third-order valence-corrected chi connectivity index (χ3v) is 3.82. The molecule has 1 unspecified atom stereocenters. The van der Waals surface area contributed by atoms with Gasteiger partial charge < -0.3 is 10.1 Å². The monoisotopic (exact) mass is 331 g/mol. The first-order chi connectivity index (χ1) is 11.5. The SMILES string of the molecule is CCC.CCc1ccc2c(C(CCC=O)C(=O)NC)nn(C)c2c1. The lowest BCUT2D eigenvalue weighted by molar-refractivity contribution is -0.122. The van der Waals surface area contributed by atoms with E-state index in [2.05, 4.69) is 43.3 Å². The summed E-state index contributed by atoms with van der Waals surface area (Å²) in [7, 11) is 3.49. The molecule has 1 amide bonds. The largest absolute Gasteiger partial charge is 0.359 e. The van der Waals surface area contributed by atoms with Crippen LogP contribution in [0.15, 0.2) is 18.2 Å². The molecule has 2 rings (SSSR count). The summed E-state index contributed by atoms with van der Waals surface area (Å²) in [6.07, 6.45) is 3.88. The Balaban J connectivity index is 0.000000891. The summed E-state index contributed by atoms with van der Waals surface area (Å²) in [5, 5.41) is 8.17. The van der Waals surface area contributed by atoms with E-state index in [1.807, 2.05) is 13.1 Å². The lowest BCUT2D eigenvalue weighted by atomic mass is 9.95. The number of benzene rings is 1. The van der Waals surface area contributed by atoms with E-state index in [0.717, 1.165) is 29.3 Å². The molecule has 0 saturated heterocycles. The van der Waals surface area contributed by atoms with Crippen LogP contribution in [-0.4, -0.2) is 29.0 Å². The Morgan fingerprint density at radius 1 is 1.33 bits per heavy atom. The van der Waals surface area contributed by atoms with Crippen molar-refractivity contribution in [2.24, 2.45) is 7.05 Å². The van der Waals surface area contributed by atoms with Gasteiger partial charge in [-0.2, -0.15) is 5.10 Å². The van der Waals surface area contributed by atoms with Crippen molar-refractivity contribution in [1.82, 2.24) is 15.1 Å². The molecule has 0 fully saturated rings. The fourth-order valence-electron chi connectivity index (χ4n) is 2.61. The Labute approximate surface area is 144 Å². The van der Waals surface area contributed by atoms with E-state index < -0.39 is 5.92 Å². The zero-order valence-electron chi connectivity index (χ0n) is 15.4. The lowest BCUT2D eigenvalue weighted by Crippen LogP contribution is -2.26. The average Bonchev–Trinajstić information content (AvgIpc) is 2.92. The van der Waals surface area contributed by atoms with Crippen molar-refractivity contribution in [3.63, 3.8) is 0 Å². The van der Waals surface area contributed by atoms with Gasteiger partial charge in [0.25, 0.3) is 0 Å². The molecule has 2 aromatic rings. The van der Waals surface area contributed by atoms with Gasteiger partial charge in [-0.05, 0) is 24.5 Å². The average molecular weight is 331 g/mol. The van der Waals surface area contributed by atoms with Gasteiger partial charge in [-0.15, -0.1) is 0 Å². The molecule has 1 N–H and O–H groups in total. The Kier molecular flexibility index (Phi) is 8.16. The molecule has 0 aliphatic rings. The van der Waals surface area contributed by atoms with Crippen LogP contribution in [0.25, 0.3) is 10.9 Å². The quantitative estimate of drug-likeness (QED) is 0.826. The summed E-state index contributed by atoms with van der Waals surface area (Å²) in [5.41, 5.74) is 3.00. The second kappa shape index (κ2) is 9.85. The number of fused-ring (bicyclic) bond motifs is 1. The molecule has 0 aliphatic carbocycles. The van der Waals surface area contributed by atoms with Crippen LogP contribution in [0.1, 0.15) is 57.2 Å². The molecule has 0 bridgehead atoms. The molecule has 1 aromatic carbocycles. The summed E-state index contributed by atoms with van der Waals surface area (Å²) in [4.78, 5) is 22.8. The minimum absolute atomic E-state index is 0.101. The van der Waals surface area contributed by atoms with E-state index in [1.165, 1.54) is 12.0 Å². The summed E-state index contributed by atoms with van der Waals surface area (Å²) in [6.45, 7) is 6.36. The number of carbonyl (C=O) groups is 2. The van der Waals surface area contributed by atoms with Crippen molar-refractivity contribution in [2.45, 2.75) is 52.4 Å². The van der Waals surface area contributed by atoms with Crippen molar-refractivity contribution < 1.29 is 9.59 Å². The minimum atomic E-state index is -0.392. The van der Waals surface area contributed by atoms with Crippen molar-refractivity contribution in [3.8, 4) is 0 Å². The van der Waals surface area contributed by atoms with Crippen molar-refractivity contribution in [1.29, 1.82) is 0 Å². The molecule has 24 heavy (non-hydrogen) atoms. The number of nitrogens with one attached hydrogen (secondary N) is 1. The van der Waals surface area contributed by atoms with E-state index in [4.69, 9.17) is 0 Å². The standard InChI is InChI=1S/C16H21N3O2.C3H8/c1-4-11-7-8-12-14(10-11)19(3)18-15(12)13(6-5-9-20)16(21)17-2;1-3-2/h7-10,13H,4-6H2,1-3H3,(H,17,21);3H2,1-2H3. The summed E-state index contributed by atoms with van der Waals surface area (Å²) in [6, 6.07) is 6.19. The van der Waals surface area contributed by atoms with E-state index in [-0.39, 0.29) is 5.91 Å². The van der Waals surface area contributed by atoms with E-state index in [0.29, 0.717) is 12.8 Å². The van der Waals surface area contributed by atoms with E-state index in [9.17, 15) is 9.59 Å². The van der Waals surface area contributed by atoms with Gasteiger partial charge >= 0.3 is 0 Å². The van der Waals surface area contributed by atoms with Crippen molar-refractivity contribution in [2.75, 3.05) is 7.05 Å². The molecule has 1 aromatic heterocycles. The molecular weight excluding hydrogens is 302 g/mol. The van der Waals surface area contributed by atoms with Gasteiger partial charge in [-0.25, -0.2) is 0 Å². The molecule has 1 atom stereocenters. The first-order valence-electron chi connectivity index (χ1n) is 8.64. The van der Waals surface area contributed by atoms with Gasteiger partial charge in [0.15, 0.2) is 0 Å². The van der Waals surface area contributed by atoms with Crippen LogP contribution in [0.2, 0.25) is 0 Å². The smallest absolute Gasteiger partial charge is 0.228 e. The lowest BCUT2D eigenvalue weighted by Gasteiger charge is -2.12. The number of aldehydes is 1. The zero-order valence-corrected chi connectivity index (χ0v) is 15.4. The molecule has 0 saturated carbocycles. The molecule has 0 aliphatic heterocycles. The number of likely N-dealkylation sites (N-methyl/N-ethyl adjacent to an activating group) is 1. The minimum Gasteiger partial charge on any atom is -0.359 e. The number of amides is 1. The number of carbonyl (C=O) groups excluding carboxylic acids is 2. The number of hydrogen-bond donors (Lipinski definition) is 1. The topological polar surface area (TPSA) is 64.0 Å². The highest BCUT2D eigenvalue weighted by atomic mass is 16.1. The van der Waals surface area contributed by atoms with Gasteiger partial charge in [0.05, 0.1) is 17.1 Å². The van der Waals surface area contributed by atoms with Gasteiger partial charge in [-0.1, -0.05) is 39.3 Å². The van der Waals surface area contributed by atoms with Crippen LogP contribution >= 0.6 is 0 Å². The molecular formula is C19H29N3O2. The highest BCUT2D eigenvalue weighted by Crippen LogP contribution is 2.28. The van der Waals surface area contributed by atoms with Crippen molar-refractivity contribution >= 4 is 23.1 Å². The van der Waals surface area contributed by atoms with E-state index >= 15 is 0 Å². The molecule has 5 heteroatoms. The van der Waals surface area contributed by atoms with Gasteiger partial charge in [-0.3, -0.25) is 9.48 Å². The number of aromatic nitrogens is 2. The highest BCUT2D eigenvalue weighted by Gasteiger charge is 2.24. The predicted molar refractivity (Wildman–Crippen MR) is 98.2 cm³/mol. The van der Waals surface area contributed by atoms with Crippen molar-refractivity contribution in [3.05, 3.63) is 29.5 Å². The van der Waals surface area contributed by atoms with Gasteiger partial charge in [0.2, 0.25) is 5.91 Å². The third-order valence-electron chi connectivity index (χ3n) is 3.82. The number of hydrogen-bond acceptors (Lipinski definition) is 3. The van der Waals surface area contributed by atoms with Crippen LogP contribution in [0.3, 0.4) is 0 Å². The van der Waals surface area contributed by atoms with Crippen LogP contribution < -0.4 is 5.32 Å². The Morgan fingerprint density at radius 2 is 2.00 bits per heavy atom. The number of rotatable bonds is 6. The summed E-state index contributed by atoms with van der Waals surface area (Å²) >= 11 is 0. The van der Waals surface area contributed by atoms with Gasteiger partial charge in [0.1, 0.15) is 6.29 Å². The fourth-order valence-corrected chi connectivity index (χ4v) is 2.61. The third kappa shape index (κ3) is 4.66. The number of nitrogens with zero attached hydrogens (tertiary/aromatic N) is 2. The summed E-state index contributed by atoms with van der Waals surface area (Å²) < 4.78 is 1.81. The normalized spacial score (nSPS) is 11.5. The Morgan fingerprint density at radius 3 is 2.54 bits per heavy atom. The maximum Gasteiger partial charge on any atom is 0.228 e. The molecule has 5 nitrogen and oxygen atoms in total. The fraction of sp³-hybridized carbons (Fsp3) is 0.526. The Hall–Kier alpha value is -2.17. The van der Waals surface area contributed by atoms with Gasteiger partial charge in [0, 0.05) is 25.9 Å². The first kappa shape index (κ1) is 19.9. The van der Waals surface area contributed by atoms with Crippen LogP contribution in [0, 0.1) is 0 Å². The zero-order chi connectivity index (χ0) is 18.1. The van der Waals surface area contributed by atoms with Crippen LogP contribution in [0.5, 0.6) is 0 Å². The summed E-state index contributed by atoms with van der Waals surface area (Å²) in [5.74, 6) is -0.493. The second-order valence-corrected chi connectivity index (χ2v) is 5.83. The second-order valence-electron chi connectivity index (χ2n) is 5.83. The molecule has 1 heterocycles. The molecule has 0 spiro atoms. The predicted octanol–water partition coefficient (Wildman–Crippen LogP) is 3.36. The molecule has 0 radical (unpaired) electrons. The van der Waals surface area contributed by atoms with Crippen LogP contribution in [0.4, 0.5) is 0 Å². The maximum absolute atomic E-state index is 12.1. The van der Waals surface area contributed by atoms with Crippen LogP contribution in [-0.2, 0) is 23.1 Å².